The number of carbonyl (C=O) groups excluding carboxylic acids is 1. The van der Waals surface area contributed by atoms with Gasteiger partial charge in [0, 0.05) is 19.0 Å². The van der Waals surface area contributed by atoms with E-state index in [1.165, 1.54) is 0 Å². The second-order valence-electron chi connectivity index (χ2n) is 3.33. The molecule has 1 aliphatic rings. The van der Waals surface area contributed by atoms with Gasteiger partial charge in [-0.1, -0.05) is 0 Å². The second kappa shape index (κ2) is 4.45. The van der Waals surface area contributed by atoms with Crippen LogP contribution in [0.3, 0.4) is 0 Å². The number of hydrogen-bond acceptors (Lipinski definition) is 2. The molecule has 0 aliphatic heterocycles. The van der Waals surface area contributed by atoms with Gasteiger partial charge in [0.2, 0.25) is 5.91 Å². The molecule has 12 heavy (non-hydrogen) atoms. The fourth-order valence-corrected chi connectivity index (χ4v) is 1.29. The Balaban J connectivity index is 2.27. The van der Waals surface area contributed by atoms with Crippen molar-refractivity contribution in [1.29, 1.82) is 0 Å². The van der Waals surface area contributed by atoms with Crippen LogP contribution < -0.4 is 5.73 Å². The van der Waals surface area contributed by atoms with E-state index >= 15 is 0 Å². The zero-order valence-electron chi connectivity index (χ0n) is 7.75. The van der Waals surface area contributed by atoms with Gasteiger partial charge in [-0.3, -0.25) is 4.79 Å². The van der Waals surface area contributed by atoms with Crippen molar-refractivity contribution in [3.63, 3.8) is 0 Å². The molecule has 3 heteroatoms. The maximum Gasteiger partial charge on any atom is 0.225 e. The maximum absolute atomic E-state index is 11.5. The van der Waals surface area contributed by atoms with Crippen molar-refractivity contribution in [3.05, 3.63) is 0 Å². The summed E-state index contributed by atoms with van der Waals surface area (Å²) in [5, 5.41) is 0. The van der Waals surface area contributed by atoms with Gasteiger partial charge < -0.3 is 10.6 Å². The number of nitrogens with two attached hydrogens (primary N) is 1. The smallest absolute Gasteiger partial charge is 0.225 e. The standard InChI is InChI=1S/C9H18N2O/c1-2-11(7-3-6-10)9(12)8-4-5-8/h8H,2-7,10H2,1H3. The molecule has 0 bridgehead atoms. The third-order valence-corrected chi connectivity index (χ3v) is 2.25. The topological polar surface area (TPSA) is 46.3 Å². The van der Waals surface area contributed by atoms with E-state index in [4.69, 9.17) is 5.73 Å². The third-order valence-electron chi connectivity index (χ3n) is 2.25. The lowest BCUT2D eigenvalue weighted by molar-refractivity contribution is -0.132. The molecule has 3 nitrogen and oxygen atoms in total. The molecule has 1 aliphatic carbocycles. The molecule has 0 spiro atoms. The molecular weight excluding hydrogens is 152 g/mol. The predicted molar refractivity (Wildman–Crippen MR) is 48.6 cm³/mol. The van der Waals surface area contributed by atoms with Gasteiger partial charge in [0.15, 0.2) is 0 Å². The van der Waals surface area contributed by atoms with Crippen molar-refractivity contribution in [3.8, 4) is 0 Å². The molecule has 1 saturated carbocycles. The molecule has 0 aromatic heterocycles. The SMILES string of the molecule is CCN(CCCN)C(=O)C1CC1. The highest BCUT2D eigenvalue weighted by atomic mass is 16.2. The number of hydrogen-bond donors (Lipinski definition) is 1. The average Bonchev–Trinajstić information content (AvgIpc) is 2.88. The summed E-state index contributed by atoms with van der Waals surface area (Å²) in [7, 11) is 0. The van der Waals surface area contributed by atoms with Gasteiger partial charge in [0.25, 0.3) is 0 Å². The molecule has 0 radical (unpaired) electrons. The molecule has 70 valence electrons. The zero-order chi connectivity index (χ0) is 8.97. The van der Waals surface area contributed by atoms with Crippen LogP contribution in [0.15, 0.2) is 0 Å². The van der Waals surface area contributed by atoms with Crippen molar-refractivity contribution in [2.24, 2.45) is 11.7 Å². The minimum absolute atomic E-state index is 0.339. The van der Waals surface area contributed by atoms with E-state index in [-0.39, 0.29) is 0 Å². The largest absolute Gasteiger partial charge is 0.343 e. The summed E-state index contributed by atoms with van der Waals surface area (Å²) in [5.74, 6) is 0.689. The van der Waals surface area contributed by atoms with Crippen molar-refractivity contribution in [1.82, 2.24) is 4.90 Å². The van der Waals surface area contributed by atoms with Crippen LogP contribution in [-0.2, 0) is 4.79 Å². The maximum atomic E-state index is 11.5. The minimum atomic E-state index is 0.339. The summed E-state index contributed by atoms with van der Waals surface area (Å²) in [6.07, 6.45) is 3.11. The Morgan fingerprint density at radius 3 is 2.67 bits per heavy atom. The third kappa shape index (κ3) is 2.48. The lowest BCUT2D eigenvalue weighted by atomic mass is 10.3. The minimum Gasteiger partial charge on any atom is -0.343 e. The first kappa shape index (κ1) is 9.52. The summed E-state index contributed by atoms with van der Waals surface area (Å²) >= 11 is 0. The van der Waals surface area contributed by atoms with Gasteiger partial charge in [-0.15, -0.1) is 0 Å². The Kier molecular flexibility index (Phi) is 3.53. The van der Waals surface area contributed by atoms with Crippen LogP contribution in [-0.4, -0.2) is 30.4 Å². The Labute approximate surface area is 73.9 Å². The van der Waals surface area contributed by atoms with E-state index < -0.39 is 0 Å². The lowest BCUT2D eigenvalue weighted by Gasteiger charge is -2.20. The fraction of sp³-hybridized carbons (Fsp3) is 0.889. The molecule has 0 saturated heterocycles. The highest BCUT2D eigenvalue weighted by Gasteiger charge is 2.32. The molecule has 0 aromatic rings. The summed E-state index contributed by atoms with van der Waals surface area (Å²) in [5.41, 5.74) is 5.39. The Hall–Kier alpha value is -0.570. The van der Waals surface area contributed by atoms with Crippen LogP contribution in [0, 0.1) is 5.92 Å². The monoisotopic (exact) mass is 170 g/mol. The first-order valence-corrected chi connectivity index (χ1v) is 4.78. The molecule has 1 rings (SSSR count). The van der Waals surface area contributed by atoms with E-state index in [0.29, 0.717) is 18.4 Å². The van der Waals surface area contributed by atoms with Gasteiger partial charge in [0.1, 0.15) is 0 Å². The van der Waals surface area contributed by atoms with Gasteiger partial charge >= 0.3 is 0 Å². The Morgan fingerprint density at radius 2 is 2.25 bits per heavy atom. The van der Waals surface area contributed by atoms with Crippen molar-refractivity contribution >= 4 is 5.91 Å². The summed E-state index contributed by atoms with van der Waals surface area (Å²) in [4.78, 5) is 13.4. The van der Waals surface area contributed by atoms with Gasteiger partial charge in [0.05, 0.1) is 0 Å². The van der Waals surface area contributed by atoms with E-state index in [1.54, 1.807) is 0 Å². The van der Waals surface area contributed by atoms with Crippen LogP contribution in [0.25, 0.3) is 0 Å². The van der Waals surface area contributed by atoms with Gasteiger partial charge in [-0.2, -0.15) is 0 Å². The highest BCUT2D eigenvalue weighted by Crippen LogP contribution is 2.30. The Bertz CT molecular complexity index is 155. The summed E-state index contributed by atoms with van der Waals surface area (Å²) < 4.78 is 0. The highest BCUT2D eigenvalue weighted by molar-refractivity contribution is 5.80. The molecule has 2 N–H and O–H groups in total. The van der Waals surface area contributed by atoms with Crippen molar-refractivity contribution in [2.75, 3.05) is 19.6 Å². The van der Waals surface area contributed by atoms with Crippen LogP contribution in [0.4, 0.5) is 0 Å². The lowest BCUT2D eigenvalue weighted by Crippen LogP contribution is -2.33. The predicted octanol–water partition coefficient (Wildman–Crippen LogP) is 0.594. The normalized spacial score (nSPS) is 16.2. The summed E-state index contributed by atoms with van der Waals surface area (Å²) in [6.45, 7) is 4.36. The number of nitrogens with zero attached hydrogens (tertiary/aromatic N) is 1. The molecule has 0 heterocycles. The van der Waals surface area contributed by atoms with E-state index in [0.717, 1.165) is 32.4 Å². The first-order chi connectivity index (χ1) is 5.79. The van der Waals surface area contributed by atoms with E-state index in [1.807, 2.05) is 11.8 Å². The van der Waals surface area contributed by atoms with Gasteiger partial charge in [-0.05, 0) is 32.7 Å². The summed E-state index contributed by atoms with van der Waals surface area (Å²) in [6, 6.07) is 0. The van der Waals surface area contributed by atoms with Gasteiger partial charge in [-0.25, -0.2) is 0 Å². The molecule has 1 fully saturated rings. The average molecular weight is 170 g/mol. The van der Waals surface area contributed by atoms with Crippen LogP contribution in [0.5, 0.6) is 0 Å². The molecule has 0 atom stereocenters. The molecule has 1 amide bonds. The number of carbonyl (C=O) groups is 1. The Morgan fingerprint density at radius 1 is 1.58 bits per heavy atom. The van der Waals surface area contributed by atoms with Crippen molar-refractivity contribution in [2.45, 2.75) is 26.2 Å². The molecule has 0 aromatic carbocycles. The van der Waals surface area contributed by atoms with Crippen LogP contribution in [0.2, 0.25) is 0 Å². The second-order valence-corrected chi connectivity index (χ2v) is 3.33. The number of rotatable bonds is 5. The number of amides is 1. The quantitative estimate of drug-likeness (QED) is 0.656. The molecular formula is C9H18N2O. The van der Waals surface area contributed by atoms with E-state index in [2.05, 4.69) is 0 Å². The van der Waals surface area contributed by atoms with Crippen LogP contribution in [0.1, 0.15) is 26.2 Å². The zero-order valence-corrected chi connectivity index (χ0v) is 7.75. The fourth-order valence-electron chi connectivity index (χ4n) is 1.29. The first-order valence-electron chi connectivity index (χ1n) is 4.78. The van der Waals surface area contributed by atoms with Crippen molar-refractivity contribution < 1.29 is 4.79 Å². The van der Waals surface area contributed by atoms with Crippen LogP contribution >= 0.6 is 0 Å². The molecule has 0 unspecified atom stereocenters. The van der Waals surface area contributed by atoms with E-state index in [9.17, 15) is 4.79 Å².